The summed E-state index contributed by atoms with van der Waals surface area (Å²) in [5.74, 6) is 0.599. The van der Waals surface area contributed by atoms with Crippen molar-refractivity contribution in [1.82, 2.24) is 0 Å². The summed E-state index contributed by atoms with van der Waals surface area (Å²) in [6.45, 7) is 10.4. The molecule has 1 aliphatic rings. The van der Waals surface area contributed by atoms with Crippen LogP contribution in [0.4, 0.5) is 5.69 Å². The van der Waals surface area contributed by atoms with E-state index in [1.165, 1.54) is 0 Å². The molecular formula is C14H21BClNO3. The van der Waals surface area contributed by atoms with Crippen LogP contribution in [0.25, 0.3) is 0 Å². The molecule has 1 aliphatic heterocycles. The molecule has 0 aromatic heterocycles. The monoisotopic (exact) mass is 297 g/mol. The normalized spacial score (nSPS) is 20.2. The lowest BCUT2D eigenvalue weighted by Crippen LogP contribution is -2.41. The van der Waals surface area contributed by atoms with Gasteiger partial charge in [0.2, 0.25) is 0 Å². The van der Waals surface area contributed by atoms with Crippen molar-refractivity contribution < 1.29 is 14.0 Å². The molecule has 0 amide bonds. The van der Waals surface area contributed by atoms with Gasteiger partial charge >= 0.3 is 7.12 Å². The van der Waals surface area contributed by atoms with Crippen LogP contribution in [0.1, 0.15) is 34.6 Å². The van der Waals surface area contributed by atoms with Gasteiger partial charge in [-0.2, -0.15) is 0 Å². The highest BCUT2D eigenvalue weighted by Crippen LogP contribution is 2.37. The zero-order chi connectivity index (χ0) is 15.1. The van der Waals surface area contributed by atoms with Crippen LogP contribution < -0.4 is 15.9 Å². The minimum atomic E-state index is -0.521. The van der Waals surface area contributed by atoms with Crippen LogP contribution in [0.5, 0.6) is 5.75 Å². The first-order valence-electron chi connectivity index (χ1n) is 6.75. The highest BCUT2D eigenvalue weighted by atomic mass is 35.5. The van der Waals surface area contributed by atoms with Crippen LogP contribution >= 0.6 is 11.6 Å². The summed E-state index contributed by atoms with van der Waals surface area (Å²) in [5, 5.41) is 0.518. The van der Waals surface area contributed by atoms with E-state index in [9.17, 15) is 0 Å². The number of rotatable bonds is 3. The summed E-state index contributed by atoms with van der Waals surface area (Å²) < 4.78 is 17.5. The van der Waals surface area contributed by atoms with Gasteiger partial charge in [0.1, 0.15) is 5.75 Å². The summed E-state index contributed by atoms with van der Waals surface area (Å²) in [6.07, 6.45) is 0. The molecule has 0 aliphatic carbocycles. The van der Waals surface area contributed by atoms with Gasteiger partial charge in [-0.05, 0) is 46.8 Å². The van der Waals surface area contributed by atoms with Gasteiger partial charge in [-0.3, -0.25) is 0 Å². The number of anilines is 1. The van der Waals surface area contributed by atoms with Crippen molar-refractivity contribution >= 4 is 29.9 Å². The van der Waals surface area contributed by atoms with Gasteiger partial charge in [0, 0.05) is 10.5 Å². The molecule has 0 saturated carbocycles. The molecular weight excluding hydrogens is 276 g/mol. The van der Waals surface area contributed by atoms with Gasteiger partial charge in [-0.25, -0.2) is 0 Å². The third kappa shape index (κ3) is 2.62. The van der Waals surface area contributed by atoms with E-state index in [0.717, 1.165) is 5.46 Å². The first kappa shape index (κ1) is 15.5. The number of ether oxygens (including phenoxy) is 1. The molecule has 1 heterocycles. The Hall–Kier alpha value is -0.905. The highest BCUT2D eigenvalue weighted by Gasteiger charge is 2.52. The second-order valence-electron chi connectivity index (χ2n) is 5.93. The third-order valence-electron chi connectivity index (χ3n) is 3.94. The lowest BCUT2D eigenvalue weighted by atomic mass is 9.79. The number of hydrogen-bond acceptors (Lipinski definition) is 4. The maximum absolute atomic E-state index is 6.27. The summed E-state index contributed by atoms with van der Waals surface area (Å²) in [7, 11) is -0.521. The van der Waals surface area contributed by atoms with E-state index in [2.05, 4.69) is 0 Å². The van der Waals surface area contributed by atoms with Crippen LogP contribution in [-0.4, -0.2) is 24.9 Å². The Labute approximate surface area is 125 Å². The van der Waals surface area contributed by atoms with Gasteiger partial charge in [-0.15, -0.1) is 0 Å². The van der Waals surface area contributed by atoms with Crippen molar-refractivity contribution in [2.45, 2.75) is 45.8 Å². The van der Waals surface area contributed by atoms with E-state index in [0.29, 0.717) is 23.1 Å². The highest BCUT2D eigenvalue weighted by molar-refractivity contribution is 6.65. The Bertz CT molecular complexity index is 503. The fourth-order valence-electron chi connectivity index (χ4n) is 2.02. The van der Waals surface area contributed by atoms with E-state index < -0.39 is 18.3 Å². The number of benzene rings is 1. The van der Waals surface area contributed by atoms with E-state index in [1.807, 2.05) is 34.6 Å². The average molecular weight is 298 g/mol. The van der Waals surface area contributed by atoms with Crippen LogP contribution in [0.2, 0.25) is 5.02 Å². The van der Waals surface area contributed by atoms with Crippen molar-refractivity contribution in [3.63, 3.8) is 0 Å². The smallest absolute Gasteiger partial charge is 0.492 e. The van der Waals surface area contributed by atoms with Gasteiger partial charge in [0.25, 0.3) is 0 Å². The Morgan fingerprint density at radius 2 is 1.75 bits per heavy atom. The average Bonchev–Trinajstić information content (AvgIpc) is 2.52. The van der Waals surface area contributed by atoms with Crippen molar-refractivity contribution in [2.24, 2.45) is 0 Å². The molecule has 2 N–H and O–H groups in total. The number of hydrogen-bond donors (Lipinski definition) is 1. The predicted molar refractivity (Wildman–Crippen MR) is 82.7 cm³/mol. The molecule has 1 fully saturated rings. The summed E-state index contributed by atoms with van der Waals surface area (Å²) in [5.41, 5.74) is 6.32. The molecule has 4 nitrogen and oxygen atoms in total. The van der Waals surface area contributed by atoms with E-state index in [4.69, 9.17) is 31.4 Å². The van der Waals surface area contributed by atoms with Gasteiger partial charge in [0.05, 0.1) is 23.5 Å². The zero-order valence-corrected chi connectivity index (χ0v) is 13.4. The minimum absolute atomic E-state index is 0.409. The summed E-state index contributed by atoms with van der Waals surface area (Å²) >= 11 is 6.27. The van der Waals surface area contributed by atoms with Crippen LogP contribution in [-0.2, 0) is 9.31 Å². The Balaban J connectivity index is 2.37. The molecule has 1 aromatic carbocycles. The molecule has 0 atom stereocenters. The van der Waals surface area contributed by atoms with Crippen molar-refractivity contribution in [2.75, 3.05) is 12.3 Å². The number of nitrogens with two attached hydrogens (primary N) is 1. The maximum atomic E-state index is 6.27. The minimum Gasteiger partial charge on any atom is -0.492 e. The summed E-state index contributed by atoms with van der Waals surface area (Å²) in [4.78, 5) is 0. The van der Waals surface area contributed by atoms with E-state index >= 15 is 0 Å². The van der Waals surface area contributed by atoms with Crippen LogP contribution in [0, 0.1) is 0 Å². The lowest BCUT2D eigenvalue weighted by Gasteiger charge is -2.32. The number of nitrogen functional groups attached to an aromatic ring is 1. The van der Waals surface area contributed by atoms with Crippen molar-refractivity contribution in [3.8, 4) is 5.75 Å². The second kappa shape index (κ2) is 5.13. The maximum Gasteiger partial charge on any atom is 0.496 e. The Morgan fingerprint density at radius 3 is 2.25 bits per heavy atom. The Kier molecular flexibility index (Phi) is 3.97. The van der Waals surface area contributed by atoms with Gasteiger partial charge in [0.15, 0.2) is 0 Å². The van der Waals surface area contributed by atoms with Crippen LogP contribution in [0.15, 0.2) is 12.1 Å². The summed E-state index contributed by atoms with van der Waals surface area (Å²) in [6, 6.07) is 3.47. The molecule has 2 rings (SSSR count). The second-order valence-corrected chi connectivity index (χ2v) is 6.34. The molecule has 0 spiro atoms. The first-order chi connectivity index (χ1) is 9.18. The lowest BCUT2D eigenvalue weighted by molar-refractivity contribution is 0.00578. The third-order valence-corrected chi connectivity index (χ3v) is 4.26. The standard InChI is InChI=1S/C14H21BClNO3/c1-6-18-12-7-9(10(16)8-11(12)17)15-19-13(2,3)14(4,5)20-15/h7-8H,6,17H2,1-5H3. The van der Waals surface area contributed by atoms with E-state index in [1.54, 1.807) is 12.1 Å². The first-order valence-corrected chi connectivity index (χ1v) is 7.13. The largest absolute Gasteiger partial charge is 0.496 e. The molecule has 6 heteroatoms. The number of halogens is 1. The quantitative estimate of drug-likeness (QED) is 0.688. The predicted octanol–water partition coefficient (Wildman–Crippen LogP) is 2.62. The molecule has 0 unspecified atom stereocenters. The molecule has 0 radical (unpaired) electrons. The van der Waals surface area contributed by atoms with Crippen LogP contribution in [0.3, 0.4) is 0 Å². The molecule has 1 saturated heterocycles. The molecule has 0 bridgehead atoms. The Morgan fingerprint density at radius 1 is 1.20 bits per heavy atom. The molecule has 20 heavy (non-hydrogen) atoms. The zero-order valence-electron chi connectivity index (χ0n) is 12.6. The fraction of sp³-hybridized carbons (Fsp3) is 0.571. The van der Waals surface area contributed by atoms with E-state index in [-0.39, 0.29) is 0 Å². The topological polar surface area (TPSA) is 53.7 Å². The molecule has 1 aromatic rings. The fourth-order valence-corrected chi connectivity index (χ4v) is 2.28. The van der Waals surface area contributed by atoms with Gasteiger partial charge in [-0.1, -0.05) is 11.6 Å². The molecule has 110 valence electrons. The SMILES string of the molecule is CCOc1cc(B2OC(C)(C)C(C)(C)O2)c(Cl)cc1N. The van der Waals surface area contributed by atoms with Gasteiger partial charge < -0.3 is 19.8 Å². The van der Waals surface area contributed by atoms with Crippen molar-refractivity contribution in [3.05, 3.63) is 17.2 Å². The van der Waals surface area contributed by atoms with Crippen molar-refractivity contribution in [1.29, 1.82) is 0 Å².